The lowest BCUT2D eigenvalue weighted by molar-refractivity contribution is -0.131. The van der Waals surface area contributed by atoms with Crippen molar-refractivity contribution < 1.29 is 9.90 Å². The zero-order chi connectivity index (χ0) is 19.5. The van der Waals surface area contributed by atoms with Gasteiger partial charge in [0.05, 0.1) is 11.6 Å². The van der Waals surface area contributed by atoms with E-state index in [9.17, 15) is 9.90 Å². The van der Waals surface area contributed by atoms with E-state index in [-0.39, 0.29) is 11.8 Å². The van der Waals surface area contributed by atoms with Crippen molar-refractivity contribution in [3.8, 4) is 0 Å². The molecule has 4 rings (SSSR count). The maximum absolute atomic E-state index is 12.7. The van der Waals surface area contributed by atoms with Gasteiger partial charge >= 0.3 is 0 Å². The first-order valence-corrected chi connectivity index (χ1v) is 10.6. The number of piperidine rings is 1. The summed E-state index contributed by atoms with van der Waals surface area (Å²) in [6.07, 6.45) is 6.17. The summed E-state index contributed by atoms with van der Waals surface area (Å²) in [7, 11) is 2.17. The molecule has 0 aliphatic carbocycles. The molecule has 28 heavy (non-hydrogen) atoms. The number of carbonyl (C=O) groups excluding carboxylic acids is 1. The van der Waals surface area contributed by atoms with Gasteiger partial charge in [-0.1, -0.05) is 18.2 Å². The molecule has 1 amide bonds. The van der Waals surface area contributed by atoms with Crippen LogP contribution in [0.5, 0.6) is 0 Å². The molecule has 2 saturated heterocycles. The molecule has 0 spiro atoms. The van der Waals surface area contributed by atoms with Gasteiger partial charge in [-0.2, -0.15) is 0 Å². The summed E-state index contributed by atoms with van der Waals surface area (Å²) in [5.41, 5.74) is 2.19. The Morgan fingerprint density at radius 2 is 1.96 bits per heavy atom. The molecule has 1 aromatic carbocycles. The third-order valence-electron chi connectivity index (χ3n) is 6.59. The van der Waals surface area contributed by atoms with Crippen molar-refractivity contribution in [1.29, 1.82) is 0 Å². The Morgan fingerprint density at radius 1 is 1.18 bits per heavy atom. The largest absolute Gasteiger partial charge is 0.391 e. The lowest BCUT2D eigenvalue weighted by atomic mass is 9.92. The lowest BCUT2D eigenvalue weighted by Gasteiger charge is -2.29. The van der Waals surface area contributed by atoms with Crippen molar-refractivity contribution >= 4 is 16.8 Å². The van der Waals surface area contributed by atoms with Crippen LogP contribution in [0.1, 0.15) is 31.2 Å². The van der Waals surface area contributed by atoms with E-state index in [0.717, 1.165) is 36.8 Å². The molecule has 2 fully saturated rings. The van der Waals surface area contributed by atoms with Gasteiger partial charge in [0.25, 0.3) is 0 Å². The van der Waals surface area contributed by atoms with E-state index in [1.807, 2.05) is 35.4 Å². The fourth-order valence-corrected chi connectivity index (χ4v) is 4.71. The predicted molar refractivity (Wildman–Crippen MR) is 111 cm³/mol. The molecule has 150 valence electrons. The Kier molecular flexibility index (Phi) is 5.93. The van der Waals surface area contributed by atoms with Crippen LogP contribution in [0.25, 0.3) is 10.9 Å². The molecule has 0 bridgehead atoms. The van der Waals surface area contributed by atoms with Gasteiger partial charge in [0.1, 0.15) is 0 Å². The van der Waals surface area contributed by atoms with Crippen LogP contribution in [-0.4, -0.2) is 65.1 Å². The number of pyridine rings is 1. The number of aliphatic hydroxyl groups excluding tert-OH is 1. The van der Waals surface area contributed by atoms with E-state index in [1.54, 1.807) is 0 Å². The monoisotopic (exact) mass is 381 g/mol. The summed E-state index contributed by atoms with van der Waals surface area (Å²) in [6, 6.07) is 10.2. The number of rotatable bonds is 5. The molecule has 0 saturated carbocycles. The molecule has 1 N–H and O–H groups in total. The Labute approximate surface area is 167 Å². The minimum atomic E-state index is -0.445. The van der Waals surface area contributed by atoms with Crippen LogP contribution in [0.15, 0.2) is 36.5 Å². The number of fused-ring (bicyclic) bond motifs is 1. The van der Waals surface area contributed by atoms with E-state index in [0.29, 0.717) is 25.4 Å². The highest BCUT2D eigenvalue weighted by atomic mass is 16.3. The zero-order valence-electron chi connectivity index (χ0n) is 16.8. The molecule has 5 nitrogen and oxygen atoms in total. The summed E-state index contributed by atoms with van der Waals surface area (Å²) >= 11 is 0. The minimum absolute atomic E-state index is 0.0955. The second-order valence-corrected chi connectivity index (χ2v) is 8.60. The molecule has 2 aliphatic rings. The maximum atomic E-state index is 12.7. The Balaban J connectivity index is 1.33. The van der Waals surface area contributed by atoms with Crippen molar-refractivity contribution in [2.45, 2.75) is 38.2 Å². The van der Waals surface area contributed by atoms with E-state index in [2.05, 4.69) is 23.0 Å². The van der Waals surface area contributed by atoms with E-state index in [4.69, 9.17) is 0 Å². The van der Waals surface area contributed by atoms with Crippen LogP contribution < -0.4 is 0 Å². The number of para-hydroxylation sites is 1. The van der Waals surface area contributed by atoms with Crippen LogP contribution in [0.4, 0.5) is 0 Å². The van der Waals surface area contributed by atoms with Crippen molar-refractivity contribution in [2.24, 2.45) is 11.8 Å². The summed E-state index contributed by atoms with van der Waals surface area (Å²) in [6.45, 7) is 3.41. The van der Waals surface area contributed by atoms with Crippen LogP contribution in [0.2, 0.25) is 0 Å². The molecule has 2 aromatic rings. The summed E-state index contributed by atoms with van der Waals surface area (Å²) < 4.78 is 0. The Hall–Kier alpha value is -1.98. The van der Waals surface area contributed by atoms with Gasteiger partial charge in [0.2, 0.25) is 5.91 Å². The second kappa shape index (κ2) is 8.58. The molecule has 3 heterocycles. The van der Waals surface area contributed by atoms with Crippen molar-refractivity contribution in [1.82, 2.24) is 14.8 Å². The molecule has 2 atom stereocenters. The van der Waals surface area contributed by atoms with Gasteiger partial charge in [-0.05, 0) is 69.4 Å². The summed E-state index contributed by atoms with van der Waals surface area (Å²) in [5, 5.41) is 11.7. The number of nitrogens with zero attached hydrogens (tertiary/aromatic N) is 3. The first kappa shape index (κ1) is 19.3. The standard InChI is InChI=1S/C23H31N3O2/c1-25-12-9-17(10-13-25)6-7-23(28)26-15-19(22(27)16-26)14-18-8-11-24-21-5-3-2-4-20(18)21/h2-5,8,11,17,19,22,27H,6-7,9-10,12-16H2,1H3/t19-,22+/m1/s1. The van der Waals surface area contributed by atoms with Gasteiger partial charge in [-0.3, -0.25) is 9.78 Å². The number of aliphatic hydroxyl groups is 1. The fraction of sp³-hybridized carbons (Fsp3) is 0.565. The van der Waals surface area contributed by atoms with Gasteiger partial charge in [0, 0.05) is 37.0 Å². The molecule has 0 unspecified atom stereocenters. The highest BCUT2D eigenvalue weighted by molar-refractivity contribution is 5.82. The molecular weight excluding hydrogens is 350 g/mol. The number of β-amino-alcohol motifs (C(OH)–C–C–N with tert-alkyl or cyclic N) is 1. The molecule has 2 aliphatic heterocycles. The van der Waals surface area contributed by atoms with E-state index in [1.165, 1.54) is 18.4 Å². The third kappa shape index (κ3) is 4.36. The van der Waals surface area contributed by atoms with Gasteiger partial charge in [-0.15, -0.1) is 0 Å². The Bertz CT molecular complexity index is 811. The second-order valence-electron chi connectivity index (χ2n) is 8.60. The summed E-state index contributed by atoms with van der Waals surface area (Å²) in [5.74, 6) is 0.977. The predicted octanol–water partition coefficient (Wildman–Crippen LogP) is 2.72. The van der Waals surface area contributed by atoms with Gasteiger partial charge in [0.15, 0.2) is 0 Å². The van der Waals surface area contributed by atoms with Crippen LogP contribution in [0, 0.1) is 11.8 Å². The van der Waals surface area contributed by atoms with Crippen LogP contribution in [0.3, 0.4) is 0 Å². The highest BCUT2D eigenvalue weighted by Crippen LogP contribution is 2.27. The molecule has 1 aromatic heterocycles. The highest BCUT2D eigenvalue weighted by Gasteiger charge is 2.34. The van der Waals surface area contributed by atoms with Gasteiger partial charge in [-0.25, -0.2) is 0 Å². The van der Waals surface area contributed by atoms with Gasteiger partial charge < -0.3 is 14.9 Å². The van der Waals surface area contributed by atoms with Crippen molar-refractivity contribution in [2.75, 3.05) is 33.2 Å². The SMILES string of the molecule is CN1CCC(CCC(=O)N2C[C@@H](Cc3ccnc4ccccc34)[C@@H](O)C2)CC1. The first-order valence-electron chi connectivity index (χ1n) is 10.6. The fourth-order valence-electron chi connectivity index (χ4n) is 4.71. The number of hydrogen-bond acceptors (Lipinski definition) is 4. The van der Waals surface area contributed by atoms with E-state index >= 15 is 0 Å². The molecular formula is C23H31N3O2. The third-order valence-corrected chi connectivity index (χ3v) is 6.59. The van der Waals surface area contributed by atoms with Crippen LogP contribution in [-0.2, 0) is 11.2 Å². The number of hydrogen-bond donors (Lipinski definition) is 1. The Morgan fingerprint density at radius 3 is 2.79 bits per heavy atom. The minimum Gasteiger partial charge on any atom is -0.391 e. The van der Waals surface area contributed by atoms with E-state index < -0.39 is 6.10 Å². The molecule has 5 heteroatoms. The van der Waals surface area contributed by atoms with Crippen molar-refractivity contribution in [3.05, 3.63) is 42.1 Å². The normalized spacial score (nSPS) is 24.1. The van der Waals surface area contributed by atoms with Crippen molar-refractivity contribution in [3.63, 3.8) is 0 Å². The number of carbonyl (C=O) groups is 1. The summed E-state index contributed by atoms with van der Waals surface area (Å²) in [4.78, 5) is 21.4. The number of likely N-dealkylation sites (tertiary alicyclic amines) is 2. The average molecular weight is 382 g/mol. The lowest BCUT2D eigenvalue weighted by Crippen LogP contribution is -2.32. The smallest absolute Gasteiger partial charge is 0.222 e. The number of aromatic nitrogens is 1. The first-order chi connectivity index (χ1) is 13.6. The number of benzene rings is 1. The quantitative estimate of drug-likeness (QED) is 0.865. The topological polar surface area (TPSA) is 56.7 Å². The molecule has 0 radical (unpaired) electrons. The van der Waals surface area contributed by atoms with Crippen LogP contribution >= 0.6 is 0 Å². The maximum Gasteiger partial charge on any atom is 0.222 e. The zero-order valence-corrected chi connectivity index (χ0v) is 16.8. The number of amides is 1. The average Bonchev–Trinajstić information content (AvgIpc) is 3.08.